The summed E-state index contributed by atoms with van der Waals surface area (Å²) in [5, 5.41) is 7.74. The lowest BCUT2D eigenvalue weighted by atomic mass is 10.1. The standard InChI is InChI=1S/C16H20N4O/c1-19-12-14(5-8-16(19)21)17-11-13-3-6-15(7-4-13)20-10-2-9-18-20/h2-4,6-7,9-10,14,17H,5,8,11-12H2,1H3. The van der Waals surface area contributed by atoms with E-state index in [0.717, 1.165) is 25.2 Å². The second-order valence-corrected chi connectivity index (χ2v) is 5.51. The highest BCUT2D eigenvalue weighted by Gasteiger charge is 2.21. The minimum Gasteiger partial charge on any atom is -0.344 e. The van der Waals surface area contributed by atoms with E-state index in [2.05, 4.69) is 34.7 Å². The molecule has 0 aliphatic carbocycles. The summed E-state index contributed by atoms with van der Waals surface area (Å²) in [6, 6.07) is 10.7. The maximum Gasteiger partial charge on any atom is 0.222 e. The normalized spacial score (nSPS) is 19.0. The fourth-order valence-corrected chi connectivity index (χ4v) is 2.63. The number of hydrogen-bond donors (Lipinski definition) is 1. The smallest absolute Gasteiger partial charge is 0.222 e. The number of carbonyl (C=O) groups is 1. The van der Waals surface area contributed by atoms with Crippen LogP contribution in [0.5, 0.6) is 0 Å². The molecule has 0 spiro atoms. The van der Waals surface area contributed by atoms with Crippen LogP contribution < -0.4 is 5.32 Å². The quantitative estimate of drug-likeness (QED) is 0.927. The van der Waals surface area contributed by atoms with Gasteiger partial charge in [-0.1, -0.05) is 12.1 Å². The molecule has 0 bridgehead atoms. The number of nitrogens with zero attached hydrogens (tertiary/aromatic N) is 3. The fraction of sp³-hybridized carbons (Fsp3) is 0.375. The summed E-state index contributed by atoms with van der Waals surface area (Å²) in [4.78, 5) is 13.3. The van der Waals surface area contributed by atoms with Crippen molar-refractivity contribution in [3.05, 3.63) is 48.3 Å². The Labute approximate surface area is 124 Å². The Kier molecular flexibility index (Phi) is 4.01. The van der Waals surface area contributed by atoms with Crippen molar-refractivity contribution in [2.45, 2.75) is 25.4 Å². The summed E-state index contributed by atoms with van der Waals surface area (Å²) >= 11 is 0. The van der Waals surface area contributed by atoms with Gasteiger partial charge < -0.3 is 10.2 Å². The van der Waals surface area contributed by atoms with Crippen LogP contribution in [0.2, 0.25) is 0 Å². The van der Waals surface area contributed by atoms with Gasteiger partial charge in [-0.05, 0) is 30.2 Å². The molecule has 1 fully saturated rings. The molecule has 5 heteroatoms. The molecule has 2 heterocycles. The van der Waals surface area contributed by atoms with Crippen LogP contribution in [0.4, 0.5) is 0 Å². The van der Waals surface area contributed by atoms with Crippen LogP contribution in [0, 0.1) is 0 Å². The van der Waals surface area contributed by atoms with Crippen LogP contribution >= 0.6 is 0 Å². The number of likely N-dealkylation sites (tertiary alicyclic amines) is 1. The molecular formula is C16H20N4O. The Balaban J connectivity index is 1.55. The van der Waals surface area contributed by atoms with Crippen LogP contribution in [-0.2, 0) is 11.3 Å². The van der Waals surface area contributed by atoms with Gasteiger partial charge in [0.05, 0.1) is 5.69 Å². The molecule has 1 saturated heterocycles. The van der Waals surface area contributed by atoms with Crippen molar-refractivity contribution in [2.24, 2.45) is 0 Å². The SMILES string of the molecule is CN1CC(NCc2ccc(-n3cccn3)cc2)CCC1=O. The Morgan fingerprint density at radius 3 is 2.81 bits per heavy atom. The number of aromatic nitrogens is 2. The highest BCUT2D eigenvalue weighted by Crippen LogP contribution is 2.12. The van der Waals surface area contributed by atoms with Gasteiger partial charge in [-0.15, -0.1) is 0 Å². The summed E-state index contributed by atoms with van der Waals surface area (Å²) in [7, 11) is 1.87. The van der Waals surface area contributed by atoms with E-state index >= 15 is 0 Å². The molecule has 1 aromatic carbocycles. The third-order valence-corrected chi connectivity index (χ3v) is 3.93. The average molecular weight is 284 g/mol. The molecule has 1 unspecified atom stereocenters. The third-order valence-electron chi connectivity index (χ3n) is 3.93. The monoisotopic (exact) mass is 284 g/mol. The van der Waals surface area contributed by atoms with E-state index in [1.165, 1.54) is 5.56 Å². The molecule has 1 aliphatic rings. The number of piperidine rings is 1. The van der Waals surface area contributed by atoms with Crippen molar-refractivity contribution in [2.75, 3.05) is 13.6 Å². The second-order valence-electron chi connectivity index (χ2n) is 5.51. The van der Waals surface area contributed by atoms with Crippen molar-refractivity contribution >= 4 is 5.91 Å². The van der Waals surface area contributed by atoms with E-state index < -0.39 is 0 Å². The van der Waals surface area contributed by atoms with Gasteiger partial charge in [0.15, 0.2) is 0 Å². The van der Waals surface area contributed by atoms with Crippen LogP contribution in [0.15, 0.2) is 42.7 Å². The van der Waals surface area contributed by atoms with Gasteiger partial charge in [0, 0.05) is 45.0 Å². The molecule has 1 aromatic heterocycles. The average Bonchev–Trinajstić information content (AvgIpc) is 3.03. The fourth-order valence-electron chi connectivity index (χ4n) is 2.63. The first-order chi connectivity index (χ1) is 10.2. The largest absolute Gasteiger partial charge is 0.344 e. The highest BCUT2D eigenvalue weighted by molar-refractivity contribution is 5.76. The Morgan fingerprint density at radius 2 is 2.14 bits per heavy atom. The van der Waals surface area contributed by atoms with Crippen LogP contribution in [0.1, 0.15) is 18.4 Å². The van der Waals surface area contributed by atoms with Crippen LogP contribution in [0.3, 0.4) is 0 Å². The summed E-state index contributed by atoms with van der Waals surface area (Å²) in [5.41, 5.74) is 2.30. The lowest BCUT2D eigenvalue weighted by Crippen LogP contribution is -2.46. The molecule has 0 saturated carbocycles. The number of nitrogens with one attached hydrogen (secondary N) is 1. The molecule has 3 rings (SSSR count). The number of benzene rings is 1. The minimum absolute atomic E-state index is 0.247. The summed E-state index contributed by atoms with van der Waals surface area (Å²) in [5.74, 6) is 0.247. The summed E-state index contributed by atoms with van der Waals surface area (Å²) in [6.45, 7) is 1.62. The summed E-state index contributed by atoms with van der Waals surface area (Å²) < 4.78 is 1.85. The van der Waals surface area contributed by atoms with Gasteiger partial charge >= 0.3 is 0 Å². The first-order valence-electron chi connectivity index (χ1n) is 7.29. The van der Waals surface area contributed by atoms with E-state index in [9.17, 15) is 4.79 Å². The number of rotatable bonds is 4. The van der Waals surface area contributed by atoms with Crippen LogP contribution in [-0.4, -0.2) is 40.2 Å². The van der Waals surface area contributed by atoms with Gasteiger partial charge in [-0.3, -0.25) is 4.79 Å². The number of hydrogen-bond acceptors (Lipinski definition) is 3. The molecule has 2 aromatic rings. The molecule has 1 amide bonds. The highest BCUT2D eigenvalue weighted by atomic mass is 16.2. The maximum absolute atomic E-state index is 11.5. The molecular weight excluding hydrogens is 264 g/mol. The van der Waals surface area contributed by atoms with Crippen molar-refractivity contribution in [3.8, 4) is 5.69 Å². The number of amides is 1. The minimum atomic E-state index is 0.247. The van der Waals surface area contributed by atoms with E-state index in [4.69, 9.17) is 0 Å². The van der Waals surface area contributed by atoms with Crippen molar-refractivity contribution in [1.29, 1.82) is 0 Å². The van der Waals surface area contributed by atoms with E-state index in [1.54, 1.807) is 6.20 Å². The molecule has 0 radical (unpaired) electrons. The molecule has 5 nitrogen and oxygen atoms in total. The Hall–Kier alpha value is -2.14. The molecule has 1 N–H and O–H groups in total. The van der Waals surface area contributed by atoms with Gasteiger partial charge in [-0.2, -0.15) is 5.10 Å². The number of likely N-dealkylation sites (N-methyl/N-ethyl adjacent to an activating group) is 1. The Morgan fingerprint density at radius 1 is 1.33 bits per heavy atom. The summed E-state index contributed by atoms with van der Waals surface area (Å²) in [6.07, 6.45) is 5.28. The number of carbonyl (C=O) groups excluding carboxylic acids is 1. The predicted octanol–water partition coefficient (Wildman–Crippen LogP) is 1.58. The predicted molar refractivity (Wildman–Crippen MR) is 81.1 cm³/mol. The molecule has 21 heavy (non-hydrogen) atoms. The zero-order chi connectivity index (χ0) is 14.7. The van der Waals surface area contributed by atoms with Gasteiger partial charge in [0.25, 0.3) is 0 Å². The first kappa shape index (κ1) is 13.8. The van der Waals surface area contributed by atoms with Gasteiger partial charge in [0.1, 0.15) is 0 Å². The topological polar surface area (TPSA) is 50.2 Å². The van der Waals surface area contributed by atoms with Crippen molar-refractivity contribution in [3.63, 3.8) is 0 Å². The molecule has 1 atom stereocenters. The van der Waals surface area contributed by atoms with E-state index in [-0.39, 0.29) is 5.91 Å². The molecule has 1 aliphatic heterocycles. The lowest BCUT2D eigenvalue weighted by Gasteiger charge is -2.30. The Bertz CT molecular complexity index is 591. The third kappa shape index (κ3) is 3.31. The zero-order valence-corrected chi connectivity index (χ0v) is 12.2. The lowest BCUT2D eigenvalue weighted by molar-refractivity contribution is -0.132. The van der Waals surface area contributed by atoms with Crippen molar-refractivity contribution in [1.82, 2.24) is 20.0 Å². The van der Waals surface area contributed by atoms with Gasteiger partial charge in [-0.25, -0.2) is 4.68 Å². The second kappa shape index (κ2) is 6.10. The van der Waals surface area contributed by atoms with Crippen molar-refractivity contribution < 1.29 is 4.79 Å². The maximum atomic E-state index is 11.5. The van der Waals surface area contributed by atoms with E-state index in [0.29, 0.717) is 12.5 Å². The molecule has 110 valence electrons. The van der Waals surface area contributed by atoms with E-state index in [1.807, 2.05) is 28.9 Å². The van der Waals surface area contributed by atoms with Crippen LogP contribution in [0.25, 0.3) is 5.69 Å². The first-order valence-corrected chi connectivity index (χ1v) is 7.29. The van der Waals surface area contributed by atoms with Gasteiger partial charge in [0.2, 0.25) is 5.91 Å². The zero-order valence-electron chi connectivity index (χ0n) is 12.2.